The van der Waals surface area contributed by atoms with Crippen LogP contribution in [0.3, 0.4) is 0 Å². The standard InChI is InChI=1S/C23H29NO7S2/c1-16(2)6-10-20-19(12-18(14-22(20)30-3)15-33(27,28)29)9-7-17-8-11-21(23(13-17)31-4)24-32(5,25)26/h6-9,11-14,24H,10,15H2,1-5H3,(H,27,28,29). The van der Waals surface area contributed by atoms with Crippen LogP contribution in [-0.4, -0.2) is 41.9 Å². The van der Waals surface area contributed by atoms with Crippen molar-refractivity contribution >= 4 is 38.0 Å². The number of hydrogen-bond donors (Lipinski definition) is 2. The van der Waals surface area contributed by atoms with E-state index in [0.717, 1.165) is 28.5 Å². The molecule has 0 saturated heterocycles. The van der Waals surface area contributed by atoms with Gasteiger partial charge >= 0.3 is 0 Å². The zero-order valence-electron chi connectivity index (χ0n) is 19.2. The molecule has 0 aliphatic rings. The smallest absolute Gasteiger partial charge is 0.269 e. The maximum atomic E-state index is 11.5. The number of rotatable bonds is 10. The molecule has 0 saturated carbocycles. The van der Waals surface area contributed by atoms with Crippen LogP contribution >= 0.6 is 0 Å². The van der Waals surface area contributed by atoms with Crippen LogP contribution in [0.5, 0.6) is 11.5 Å². The number of anilines is 1. The van der Waals surface area contributed by atoms with Gasteiger partial charge in [-0.2, -0.15) is 8.42 Å². The third-order valence-electron chi connectivity index (χ3n) is 4.56. The van der Waals surface area contributed by atoms with Crippen molar-refractivity contribution in [3.05, 3.63) is 64.2 Å². The van der Waals surface area contributed by atoms with E-state index in [4.69, 9.17) is 9.47 Å². The van der Waals surface area contributed by atoms with E-state index in [9.17, 15) is 21.4 Å². The number of hydrogen-bond acceptors (Lipinski definition) is 6. The highest BCUT2D eigenvalue weighted by atomic mass is 32.2. The van der Waals surface area contributed by atoms with Crippen molar-refractivity contribution in [1.82, 2.24) is 0 Å². The minimum Gasteiger partial charge on any atom is -0.496 e. The fourth-order valence-electron chi connectivity index (χ4n) is 3.16. The third-order valence-corrected chi connectivity index (χ3v) is 5.85. The normalized spacial score (nSPS) is 11.9. The largest absolute Gasteiger partial charge is 0.496 e. The minimum atomic E-state index is -4.22. The van der Waals surface area contributed by atoms with Gasteiger partial charge in [-0.3, -0.25) is 9.27 Å². The van der Waals surface area contributed by atoms with Crippen LogP contribution in [0.15, 0.2) is 42.0 Å². The fraction of sp³-hybridized carbons (Fsp3) is 0.304. The number of ether oxygens (including phenoxy) is 2. The van der Waals surface area contributed by atoms with E-state index in [-0.39, 0.29) is 0 Å². The molecule has 180 valence electrons. The molecule has 0 spiro atoms. The third kappa shape index (κ3) is 8.56. The zero-order chi connectivity index (χ0) is 24.8. The summed E-state index contributed by atoms with van der Waals surface area (Å²) < 4.78 is 68.4. The molecule has 0 aliphatic heterocycles. The molecule has 33 heavy (non-hydrogen) atoms. The molecule has 2 aromatic rings. The number of benzene rings is 2. The molecule has 0 fully saturated rings. The first-order chi connectivity index (χ1) is 15.3. The van der Waals surface area contributed by atoms with Crippen molar-refractivity contribution in [2.75, 3.05) is 25.2 Å². The van der Waals surface area contributed by atoms with Gasteiger partial charge in [-0.15, -0.1) is 0 Å². The molecular weight excluding hydrogens is 466 g/mol. The van der Waals surface area contributed by atoms with Gasteiger partial charge in [0.15, 0.2) is 0 Å². The lowest BCUT2D eigenvalue weighted by molar-refractivity contribution is 0.410. The number of methoxy groups -OCH3 is 2. The monoisotopic (exact) mass is 495 g/mol. The van der Waals surface area contributed by atoms with E-state index in [1.807, 2.05) is 26.0 Å². The van der Waals surface area contributed by atoms with Crippen LogP contribution in [0.25, 0.3) is 12.2 Å². The topological polar surface area (TPSA) is 119 Å². The van der Waals surface area contributed by atoms with Crippen molar-refractivity contribution < 1.29 is 30.9 Å². The fourth-order valence-corrected chi connectivity index (χ4v) is 4.31. The van der Waals surface area contributed by atoms with Crippen LogP contribution in [-0.2, 0) is 32.3 Å². The van der Waals surface area contributed by atoms with Gasteiger partial charge in [-0.25, -0.2) is 8.42 Å². The summed E-state index contributed by atoms with van der Waals surface area (Å²) in [7, 11) is -4.73. The van der Waals surface area contributed by atoms with E-state index in [1.165, 1.54) is 14.2 Å². The Morgan fingerprint density at radius 2 is 1.67 bits per heavy atom. The molecule has 0 heterocycles. The molecule has 8 nitrogen and oxygen atoms in total. The maximum absolute atomic E-state index is 11.5. The average molecular weight is 496 g/mol. The highest BCUT2D eigenvalue weighted by molar-refractivity contribution is 7.92. The predicted molar refractivity (Wildman–Crippen MR) is 132 cm³/mol. The van der Waals surface area contributed by atoms with E-state index in [1.54, 1.807) is 36.4 Å². The molecule has 0 aliphatic carbocycles. The molecule has 10 heteroatoms. The summed E-state index contributed by atoms with van der Waals surface area (Å²) in [5.41, 5.74) is 4.14. The predicted octanol–water partition coefficient (Wildman–Crippen LogP) is 4.14. The Hall–Kier alpha value is -2.82. The molecule has 0 unspecified atom stereocenters. The van der Waals surface area contributed by atoms with Gasteiger partial charge < -0.3 is 9.47 Å². The van der Waals surface area contributed by atoms with Crippen molar-refractivity contribution in [2.24, 2.45) is 0 Å². The summed E-state index contributed by atoms with van der Waals surface area (Å²) >= 11 is 0. The molecule has 2 aromatic carbocycles. The first-order valence-electron chi connectivity index (χ1n) is 9.93. The van der Waals surface area contributed by atoms with Crippen LogP contribution in [0.4, 0.5) is 5.69 Å². The van der Waals surface area contributed by atoms with E-state index in [0.29, 0.717) is 29.2 Å². The summed E-state index contributed by atoms with van der Waals surface area (Å²) in [5, 5.41) is 0. The Morgan fingerprint density at radius 3 is 2.21 bits per heavy atom. The lowest BCUT2D eigenvalue weighted by Gasteiger charge is -2.14. The first kappa shape index (κ1) is 26.4. The van der Waals surface area contributed by atoms with Gasteiger partial charge in [0.25, 0.3) is 10.1 Å². The van der Waals surface area contributed by atoms with Crippen LogP contribution in [0, 0.1) is 0 Å². The van der Waals surface area contributed by atoms with E-state index < -0.39 is 25.9 Å². The van der Waals surface area contributed by atoms with Crippen molar-refractivity contribution in [2.45, 2.75) is 26.0 Å². The minimum absolute atomic E-state index is 0.318. The Morgan fingerprint density at radius 1 is 1.00 bits per heavy atom. The average Bonchev–Trinajstić information content (AvgIpc) is 2.69. The maximum Gasteiger partial charge on any atom is 0.269 e. The van der Waals surface area contributed by atoms with E-state index in [2.05, 4.69) is 4.72 Å². The first-order valence-corrected chi connectivity index (χ1v) is 13.4. The highest BCUT2D eigenvalue weighted by Crippen LogP contribution is 2.30. The second kappa shape index (κ2) is 10.9. The lowest BCUT2D eigenvalue weighted by Crippen LogP contribution is -2.10. The summed E-state index contributed by atoms with van der Waals surface area (Å²) in [5.74, 6) is 0.330. The SMILES string of the molecule is COc1cc(C=Cc2cc(CS(=O)(=O)O)cc(OC)c2CC=C(C)C)ccc1NS(C)(=O)=O. The van der Waals surface area contributed by atoms with Crippen molar-refractivity contribution in [3.63, 3.8) is 0 Å². The number of allylic oxidation sites excluding steroid dienone is 2. The summed E-state index contributed by atoms with van der Waals surface area (Å²) in [6, 6.07) is 8.30. The lowest BCUT2D eigenvalue weighted by atomic mass is 9.98. The number of nitrogens with one attached hydrogen (secondary N) is 1. The Labute approximate surface area is 195 Å². The Kier molecular flexibility index (Phi) is 8.70. The molecule has 0 bridgehead atoms. The molecule has 2 N–H and O–H groups in total. The quantitative estimate of drug-likeness (QED) is 0.289. The molecule has 0 amide bonds. The Bertz CT molecular complexity index is 1270. The van der Waals surface area contributed by atoms with Crippen LogP contribution in [0.2, 0.25) is 0 Å². The summed E-state index contributed by atoms with van der Waals surface area (Å²) in [6.07, 6.45) is 7.26. The Balaban J connectivity index is 2.54. The highest BCUT2D eigenvalue weighted by Gasteiger charge is 2.14. The zero-order valence-corrected chi connectivity index (χ0v) is 20.9. The van der Waals surface area contributed by atoms with Gasteiger partial charge in [-0.05, 0) is 55.2 Å². The number of sulfonamides is 1. The van der Waals surface area contributed by atoms with Gasteiger partial charge in [0.05, 0.1) is 26.2 Å². The van der Waals surface area contributed by atoms with Gasteiger partial charge in [0, 0.05) is 5.56 Å². The molecule has 0 atom stereocenters. The molecular formula is C23H29NO7S2. The molecule has 0 aromatic heterocycles. The second-order valence-electron chi connectivity index (χ2n) is 7.74. The molecule has 2 rings (SSSR count). The second-order valence-corrected chi connectivity index (χ2v) is 10.9. The van der Waals surface area contributed by atoms with Crippen molar-refractivity contribution in [1.29, 1.82) is 0 Å². The molecule has 0 radical (unpaired) electrons. The van der Waals surface area contributed by atoms with Gasteiger partial charge in [0.1, 0.15) is 17.3 Å². The van der Waals surface area contributed by atoms with Crippen LogP contribution < -0.4 is 14.2 Å². The van der Waals surface area contributed by atoms with Gasteiger partial charge in [-0.1, -0.05) is 35.9 Å². The summed E-state index contributed by atoms with van der Waals surface area (Å²) in [6.45, 7) is 3.96. The summed E-state index contributed by atoms with van der Waals surface area (Å²) in [4.78, 5) is 0. The van der Waals surface area contributed by atoms with Gasteiger partial charge in [0.2, 0.25) is 10.0 Å². The van der Waals surface area contributed by atoms with Crippen LogP contribution in [0.1, 0.15) is 36.1 Å². The van der Waals surface area contributed by atoms with E-state index >= 15 is 0 Å². The van der Waals surface area contributed by atoms with Crippen molar-refractivity contribution in [3.8, 4) is 11.5 Å².